The van der Waals surface area contributed by atoms with Crippen molar-refractivity contribution >= 4 is 39.2 Å². The third kappa shape index (κ3) is 3.36. The van der Waals surface area contributed by atoms with E-state index in [0.29, 0.717) is 16.3 Å². The van der Waals surface area contributed by atoms with Crippen molar-refractivity contribution in [2.75, 3.05) is 5.43 Å². The van der Waals surface area contributed by atoms with Gasteiger partial charge in [0.15, 0.2) is 0 Å². The van der Waals surface area contributed by atoms with Crippen LogP contribution in [0.5, 0.6) is 0 Å². The van der Waals surface area contributed by atoms with Crippen molar-refractivity contribution in [1.29, 1.82) is 0 Å². The highest BCUT2D eigenvalue weighted by molar-refractivity contribution is 9.10. The van der Waals surface area contributed by atoms with E-state index in [-0.39, 0.29) is 16.5 Å². The number of nitrogens with zero attached hydrogens (tertiary/aromatic N) is 1. The zero-order valence-corrected chi connectivity index (χ0v) is 13.9. The molecule has 0 saturated heterocycles. The molecule has 0 spiro atoms. The van der Waals surface area contributed by atoms with E-state index in [1.807, 2.05) is 6.92 Å². The fourth-order valence-corrected chi connectivity index (χ4v) is 2.17. The number of rotatable bonds is 4. The quantitative estimate of drug-likeness (QED) is 0.662. The van der Waals surface area contributed by atoms with Gasteiger partial charge in [-0.1, -0.05) is 39.7 Å². The lowest BCUT2D eigenvalue weighted by atomic mass is 10.1. The molecule has 0 aliphatic heterocycles. The van der Waals surface area contributed by atoms with Gasteiger partial charge in [0.2, 0.25) is 5.78 Å². The van der Waals surface area contributed by atoms with Gasteiger partial charge < -0.3 is 0 Å². The second kappa shape index (κ2) is 6.45. The van der Waals surface area contributed by atoms with Gasteiger partial charge in [-0.3, -0.25) is 19.7 Å². The number of aromatic nitrogens is 1. The largest absolute Gasteiger partial charge is 0.287 e. The van der Waals surface area contributed by atoms with Crippen LogP contribution in [0.2, 0.25) is 5.02 Å². The predicted octanol–water partition coefficient (Wildman–Crippen LogP) is 3.53. The Kier molecular flexibility index (Phi) is 4.85. The third-order valence-electron chi connectivity index (χ3n) is 3.01. The maximum absolute atomic E-state index is 12.6. The topological polar surface area (TPSA) is 51.1 Å². The molecule has 1 amide bonds. The molecule has 1 N–H and O–H groups in total. The van der Waals surface area contributed by atoms with Gasteiger partial charge >= 0.3 is 0 Å². The molecular weight excluding hydrogens is 356 g/mol. The summed E-state index contributed by atoms with van der Waals surface area (Å²) in [6.45, 7) is 3.52. The number of aryl methyl sites for hydroxylation is 1. The zero-order valence-electron chi connectivity index (χ0n) is 11.6. The summed E-state index contributed by atoms with van der Waals surface area (Å²) in [5.74, 6) is -0.473. The number of carbonyl (C=O) groups is 2. The number of halogens is 2. The van der Waals surface area contributed by atoms with Crippen molar-refractivity contribution in [1.82, 2.24) is 4.68 Å². The number of ketones is 1. The first-order valence-corrected chi connectivity index (χ1v) is 7.63. The fourth-order valence-electron chi connectivity index (χ4n) is 1.85. The highest BCUT2D eigenvalue weighted by atomic mass is 79.9. The standard InChI is InChI=1S/C15H14BrClN2O2/c1-9-7-8-13(19(9)18-15(21)10(2)16)14(20)11-5-3-4-6-12(11)17/h3-8,10H,1-2H3,(H,18,21). The Labute approximate surface area is 136 Å². The first-order chi connectivity index (χ1) is 9.91. The average molecular weight is 370 g/mol. The van der Waals surface area contributed by atoms with Crippen LogP contribution in [0.15, 0.2) is 36.4 Å². The van der Waals surface area contributed by atoms with Gasteiger partial charge in [0, 0.05) is 11.3 Å². The first-order valence-electron chi connectivity index (χ1n) is 6.34. The number of hydrogen-bond acceptors (Lipinski definition) is 2. The summed E-state index contributed by atoms with van der Waals surface area (Å²) in [5, 5.41) is 0.382. The molecule has 0 radical (unpaired) electrons. The monoisotopic (exact) mass is 368 g/mol. The molecule has 2 rings (SSSR count). The maximum atomic E-state index is 12.6. The number of hydrogen-bond donors (Lipinski definition) is 1. The summed E-state index contributed by atoms with van der Waals surface area (Å²) in [5.41, 5.74) is 4.22. The van der Waals surface area contributed by atoms with Crippen LogP contribution >= 0.6 is 27.5 Å². The van der Waals surface area contributed by atoms with Crippen LogP contribution in [-0.2, 0) is 4.79 Å². The highest BCUT2D eigenvalue weighted by Crippen LogP contribution is 2.20. The van der Waals surface area contributed by atoms with Crippen molar-refractivity contribution in [3.8, 4) is 0 Å². The molecule has 0 fully saturated rings. The van der Waals surface area contributed by atoms with Crippen molar-refractivity contribution in [2.45, 2.75) is 18.7 Å². The van der Waals surface area contributed by atoms with Crippen molar-refractivity contribution in [3.63, 3.8) is 0 Å². The van der Waals surface area contributed by atoms with Crippen molar-refractivity contribution < 1.29 is 9.59 Å². The number of amides is 1. The van der Waals surface area contributed by atoms with Crippen LogP contribution < -0.4 is 5.43 Å². The summed E-state index contributed by atoms with van der Waals surface area (Å²) in [6, 6.07) is 10.3. The van der Waals surface area contributed by atoms with Gasteiger partial charge in [-0.2, -0.15) is 0 Å². The van der Waals surface area contributed by atoms with Gasteiger partial charge in [-0.25, -0.2) is 0 Å². The molecule has 1 heterocycles. The zero-order chi connectivity index (χ0) is 15.6. The lowest BCUT2D eigenvalue weighted by Crippen LogP contribution is -2.31. The van der Waals surface area contributed by atoms with Gasteiger partial charge in [-0.15, -0.1) is 0 Å². The Bertz CT molecular complexity index is 695. The van der Waals surface area contributed by atoms with Crippen LogP contribution in [0.25, 0.3) is 0 Å². The third-order valence-corrected chi connectivity index (χ3v) is 3.76. The normalized spacial score (nSPS) is 12.0. The molecule has 0 aliphatic rings. The van der Waals surface area contributed by atoms with Crippen LogP contribution in [-0.4, -0.2) is 21.2 Å². The minimum Gasteiger partial charge on any atom is -0.287 e. The molecule has 0 aliphatic carbocycles. The molecule has 110 valence electrons. The van der Waals surface area contributed by atoms with E-state index in [0.717, 1.165) is 5.69 Å². The predicted molar refractivity (Wildman–Crippen MR) is 86.8 cm³/mol. The Morgan fingerprint density at radius 2 is 1.90 bits per heavy atom. The minimum absolute atomic E-state index is 0.234. The van der Waals surface area contributed by atoms with Crippen LogP contribution in [0.4, 0.5) is 0 Å². The molecule has 1 unspecified atom stereocenters. The van der Waals surface area contributed by atoms with E-state index >= 15 is 0 Å². The fraction of sp³-hybridized carbons (Fsp3) is 0.200. The Morgan fingerprint density at radius 1 is 1.24 bits per heavy atom. The molecule has 0 bridgehead atoms. The van der Waals surface area contributed by atoms with E-state index in [1.54, 1.807) is 43.3 Å². The van der Waals surface area contributed by atoms with Gasteiger partial charge in [0.25, 0.3) is 5.91 Å². The summed E-state index contributed by atoms with van der Waals surface area (Å²) in [6.07, 6.45) is 0. The second-order valence-corrected chi connectivity index (χ2v) is 6.38. The van der Waals surface area contributed by atoms with Gasteiger partial charge in [-0.05, 0) is 38.1 Å². The molecule has 1 aromatic carbocycles. The van der Waals surface area contributed by atoms with E-state index in [2.05, 4.69) is 21.4 Å². The number of alkyl halides is 1. The summed E-state index contributed by atoms with van der Waals surface area (Å²) in [7, 11) is 0. The van der Waals surface area contributed by atoms with E-state index in [4.69, 9.17) is 11.6 Å². The summed E-state index contributed by atoms with van der Waals surface area (Å²) >= 11 is 9.26. The summed E-state index contributed by atoms with van der Waals surface area (Å²) < 4.78 is 1.48. The van der Waals surface area contributed by atoms with Crippen LogP contribution in [0.3, 0.4) is 0 Å². The van der Waals surface area contributed by atoms with Gasteiger partial charge in [0.05, 0.1) is 9.85 Å². The maximum Gasteiger partial charge on any atom is 0.252 e. The minimum atomic E-state index is -0.359. The molecule has 1 atom stereocenters. The SMILES string of the molecule is Cc1ccc(C(=O)c2ccccc2Cl)n1NC(=O)C(C)Br. The van der Waals surface area contributed by atoms with E-state index < -0.39 is 0 Å². The van der Waals surface area contributed by atoms with Crippen LogP contribution in [0.1, 0.15) is 28.7 Å². The highest BCUT2D eigenvalue weighted by Gasteiger charge is 2.19. The lowest BCUT2D eigenvalue weighted by Gasteiger charge is -2.14. The van der Waals surface area contributed by atoms with E-state index in [1.165, 1.54) is 4.68 Å². The molecule has 1 aromatic heterocycles. The van der Waals surface area contributed by atoms with Crippen molar-refractivity contribution in [3.05, 3.63) is 58.4 Å². The average Bonchev–Trinajstić information content (AvgIpc) is 2.80. The second-order valence-electron chi connectivity index (χ2n) is 4.60. The van der Waals surface area contributed by atoms with Crippen LogP contribution in [0, 0.1) is 6.92 Å². The van der Waals surface area contributed by atoms with E-state index in [9.17, 15) is 9.59 Å². The number of benzene rings is 1. The smallest absolute Gasteiger partial charge is 0.252 e. The Balaban J connectivity index is 2.39. The first kappa shape index (κ1) is 15.8. The molecule has 21 heavy (non-hydrogen) atoms. The number of carbonyl (C=O) groups excluding carboxylic acids is 2. The molecule has 6 heteroatoms. The Morgan fingerprint density at radius 3 is 2.52 bits per heavy atom. The molecule has 2 aromatic rings. The lowest BCUT2D eigenvalue weighted by molar-refractivity contribution is -0.116. The van der Waals surface area contributed by atoms with Gasteiger partial charge in [0.1, 0.15) is 5.69 Å². The molecular formula is C15H14BrClN2O2. The summed E-state index contributed by atoms with van der Waals surface area (Å²) in [4.78, 5) is 24.1. The Hall–Kier alpha value is -1.59. The molecule has 0 saturated carbocycles. The number of nitrogens with one attached hydrogen (secondary N) is 1. The van der Waals surface area contributed by atoms with Crippen molar-refractivity contribution in [2.24, 2.45) is 0 Å². The molecule has 4 nitrogen and oxygen atoms in total.